The highest BCUT2D eigenvalue weighted by Crippen LogP contribution is 2.38. The van der Waals surface area contributed by atoms with Gasteiger partial charge in [0.1, 0.15) is 3.81 Å². The molecule has 2 aliphatic heterocycles. The Morgan fingerprint density at radius 1 is 1.13 bits per heavy atom. The molecule has 1 atom stereocenters. The van der Waals surface area contributed by atoms with Crippen molar-refractivity contribution in [1.82, 2.24) is 15.3 Å². The summed E-state index contributed by atoms with van der Waals surface area (Å²) >= 11 is 3.46. The second-order valence-electron chi connectivity index (χ2n) is 7.84. The second-order valence-corrected chi connectivity index (χ2v) is 10.6. The molecule has 1 aromatic carbocycles. The number of hydrogen-bond acceptors (Lipinski definition) is 6. The molecule has 30 heavy (non-hydrogen) atoms. The van der Waals surface area contributed by atoms with Crippen molar-refractivity contribution in [2.24, 2.45) is 0 Å². The monoisotopic (exact) mass is 488 g/mol. The fourth-order valence-corrected chi connectivity index (χ4v) is 6.24. The smallest absolute Gasteiger partial charge is 0.229 e. The Hall–Kier alpha value is -1.97. The molecule has 2 fully saturated rings. The molecule has 3 heterocycles. The highest BCUT2D eigenvalue weighted by atomic mass is 79.9. The largest absolute Gasteiger partial charge is 0.369 e. The fraction of sp³-hybridized carbons (Fsp3) is 0.429. The molecule has 0 amide bonds. The predicted molar refractivity (Wildman–Crippen MR) is 127 cm³/mol. The lowest BCUT2D eigenvalue weighted by molar-refractivity contribution is 0.589. The zero-order valence-electron chi connectivity index (χ0n) is 16.7. The van der Waals surface area contributed by atoms with E-state index in [1.807, 2.05) is 10.4 Å². The van der Waals surface area contributed by atoms with Gasteiger partial charge < -0.3 is 15.5 Å². The van der Waals surface area contributed by atoms with Crippen molar-refractivity contribution in [1.29, 1.82) is 0 Å². The van der Waals surface area contributed by atoms with Crippen molar-refractivity contribution in [3.05, 3.63) is 39.8 Å². The molecular formula is C21H25BrN6OS. The molecule has 1 aromatic heterocycles. The zero-order valence-corrected chi connectivity index (χ0v) is 19.1. The van der Waals surface area contributed by atoms with Gasteiger partial charge in [-0.3, -0.25) is 4.31 Å². The summed E-state index contributed by atoms with van der Waals surface area (Å²) < 4.78 is 15.6. The summed E-state index contributed by atoms with van der Waals surface area (Å²) in [5.41, 5.74) is 3.06. The van der Waals surface area contributed by atoms with Crippen LogP contribution in [-0.4, -0.2) is 46.4 Å². The third-order valence-corrected chi connectivity index (χ3v) is 8.22. The van der Waals surface area contributed by atoms with E-state index in [0.29, 0.717) is 9.76 Å². The second kappa shape index (κ2) is 8.64. The van der Waals surface area contributed by atoms with Crippen LogP contribution >= 0.6 is 15.9 Å². The van der Waals surface area contributed by atoms with Gasteiger partial charge in [0.15, 0.2) is 16.8 Å². The van der Waals surface area contributed by atoms with Crippen LogP contribution in [0.15, 0.2) is 34.3 Å². The van der Waals surface area contributed by atoms with E-state index in [9.17, 15) is 4.21 Å². The first kappa shape index (κ1) is 20.0. The van der Waals surface area contributed by atoms with Crippen LogP contribution in [0.2, 0.25) is 0 Å². The first-order chi connectivity index (χ1) is 14.7. The van der Waals surface area contributed by atoms with Gasteiger partial charge in [-0.2, -0.15) is 4.98 Å². The first-order valence-corrected chi connectivity index (χ1v) is 12.4. The Labute approximate surface area is 187 Å². The highest BCUT2D eigenvalue weighted by molar-refractivity contribution is 9.13. The van der Waals surface area contributed by atoms with E-state index in [4.69, 9.17) is 4.98 Å². The van der Waals surface area contributed by atoms with Gasteiger partial charge in [-0.15, -0.1) is 0 Å². The third-order valence-electron chi connectivity index (χ3n) is 5.88. The standard InChI is InChI=1S/C21H25BrN6OS/c22-19-13-15-14-24-21(26-20(15)28(30(19)29)18-3-1-2-4-18)25-16-5-7-17(8-6-16)27-11-9-23-10-12-27/h5-8,13-14,18,23H,1-4,9-12H2,(H,24,25,26). The van der Waals surface area contributed by atoms with Crippen LogP contribution in [0.1, 0.15) is 31.2 Å². The SMILES string of the molecule is O=S1C(Br)=Cc2cnc(Nc3ccc(N4CCNCC4)cc3)nc2N1C1CCCC1. The molecule has 1 unspecified atom stereocenters. The number of nitrogens with one attached hydrogen (secondary N) is 2. The van der Waals surface area contributed by atoms with Gasteiger partial charge in [0.25, 0.3) is 0 Å². The summed E-state index contributed by atoms with van der Waals surface area (Å²) in [6.07, 6.45) is 8.11. The van der Waals surface area contributed by atoms with Crippen molar-refractivity contribution in [2.75, 3.05) is 40.7 Å². The van der Waals surface area contributed by atoms with E-state index in [2.05, 4.69) is 60.7 Å². The van der Waals surface area contributed by atoms with Gasteiger partial charge in [0.05, 0.1) is 0 Å². The van der Waals surface area contributed by atoms with Crippen molar-refractivity contribution in [3.63, 3.8) is 0 Å². The van der Waals surface area contributed by atoms with E-state index < -0.39 is 11.0 Å². The maximum Gasteiger partial charge on any atom is 0.229 e. The minimum atomic E-state index is -1.25. The molecule has 0 bridgehead atoms. The molecule has 5 rings (SSSR count). The molecule has 0 radical (unpaired) electrons. The predicted octanol–water partition coefficient (Wildman–Crippen LogP) is 3.75. The van der Waals surface area contributed by atoms with Gasteiger partial charge >= 0.3 is 0 Å². The summed E-state index contributed by atoms with van der Waals surface area (Å²) in [6, 6.07) is 8.64. The lowest BCUT2D eigenvalue weighted by atomic mass is 10.2. The Kier molecular flexibility index (Phi) is 5.75. The van der Waals surface area contributed by atoms with Crippen LogP contribution in [0.4, 0.5) is 23.1 Å². The number of rotatable bonds is 4. The number of benzene rings is 1. The van der Waals surface area contributed by atoms with Crippen molar-refractivity contribution < 1.29 is 4.21 Å². The number of hydrogen-bond donors (Lipinski definition) is 2. The third kappa shape index (κ3) is 3.98. The van der Waals surface area contributed by atoms with E-state index in [1.54, 1.807) is 6.20 Å². The Morgan fingerprint density at radius 3 is 2.60 bits per heavy atom. The van der Waals surface area contributed by atoms with E-state index in [-0.39, 0.29) is 6.04 Å². The quantitative estimate of drug-likeness (QED) is 0.682. The fourth-order valence-electron chi connectivity index (χ4n) is 4.32. The molecule has 2 aromatic rings. The molecule has 2 N–H and O–H groups in total. The van der Waals surface area contributed by atoms with Gasteiger partial charge in [-0.05, 0) is 59.1 Å². The number of fused-ring (bicyclic) bond motifs is 1. The highest BCUT2D eigenvalue weighted by Gasteiger charge is 2.34. The molecule has 7 nitrogen and oxygen atoms in total. The number of anilines is 4. The number of aromatic nitrogens is 2. The minimum absolute atomic E-state index is 0.256. The van der Waals surface area contributed by atoms with Crippen LogP contribution in [0.25, 0.3) is 6.08 Å². The van der Waals surface area contributed by atoms with E-state index >= 15 is 0 Å². The van der Waals surface area contributed by atoms with Crippen molar-refractivity contribution >= 4 is 56.1 Å². The van der Waals surface area contributed by atoms with Crippen molar-refractivity contribution in [3.8, 4) is 0 Å². The van der Waals surface area contributed by atoms with Gasteiger partial charge in [0, 0.05) is 55.4 Å². The van der Waals surface area contributed by atoms with Crippen LogP contribution in [-0.2, 0) is 11.0 Å². The van der Waals surface area contributed by atoms with Crippen LogP contribution in [0, 0.1) is 0 Å². The van der Waals surface area contributed by atoms with E-state index in [1.165, 1.54) is 18.5 Å². The van der Waals surface area contributed by atoms with Gasteiger partial charge in [-0.1, -0.05) is 12.8 Å². The molecule has 9 heteroatoms. The molecular weight excluding hydrogens is 464 g/mol. The molecule has 1 aliphatic carbocycles. The average molecular weight is 489 g/mol. The van der Waals surface area contributed by atoms with Crippen LogP contribution < -0.4 is 19.8 Å². The molecule has 1 saturated heterocycles. The average Bonchev–Trinajstić information content (AvgIpc) is 3.30. The number of nitrogens with zero attached hydrogens (tertiary/aromatic N) is 4. The molecule has 0 spiro atoms. The normalized spacial score (nSPS) is 22.0. The molecule has 158 valence electrons. The van der Waals surface area contributed by atoms with Gasteiger partial charge in [0.2, 0.25) is 5.95 Å². The zero-order chi connectivity index (χ0) is 20.5. The summed E-state index contributed by atoms with van der Waals surface area (Å²) in [6.45, 7) is 4.09. The Balaban J connectivity index is 1.38. The maximum atomic E-state index is 13.0. The summed E-state index contributed by atoms with van der Waals surface area (Å²) in [5.74, 6) is 1.27. The number of halogens is 1. The summed E-state index contributed by atoms with van der Waals surface area (Å²) in [4.78, 5) is 11.6. The minimum Gasteiger partial charge on any atom is -0.369 e. The number of piperazine rings is 1. The maximum absolute atomic E-state index is 13.0. The molecule has 3 aliphatic rings. The lowest BCUT2D eigenvalue weighted by Crippen LogP contribution is -2.43. The summed E-state index contributed by atoms with van der Waals surface area (Å²) in [7, 11) is -1.25. The summed E-state index contributed by atoms with van der Waals surface area (Å²) in [5, 5.41) is 6.69. The topological polar surface area (TPSA) is 73.4 Å². The van der Waals surface area contributed by atoms with E-state index in [0.717, 1.165) is 56.1 Å². The first-order valence-electron chi connectivity index (χ1n) is 10.5. The van der Waals surface area contributed by atoms with Crippen molar-refractivity contribution in [2.45, 2.75) is 31.7 Å². The Morgan fingerprint density at radius 2 is 1.87 bits per heavy atom. The Bertz CT molecular complexity index is 970. The van der Waals surface area contributed by atoms with Crippen LogP contribution in [0.3, 0.4) is 0 Å². The lowest BCUT2D eigenvalue weighted by Gasteiger charge is -2.32. The van der Waals surface area contributed by atoms with Gasteiger partial charge in [-0.25, -0.2) is 9.19 Å². The van der Waals surface area contributed by atoms with Crippen LogP contribution in [0.5, 0.6) is 0 Å². The molecule has 1 saturated carbocycles.